The van der Waals surface area contributed by atoms with E-state index in [1.54, 1.807) is 6.92 Å². The lowest BCUT2D eigenvalue weighted by molar-refractivity contribution is -0.148. The second-order valence-electron chi connectivity index (χ2n) is 5.48. The van der Waals surface area contributed by atoms with Gasteiger partial charge in [-0.05, 0) is 13.3 Å². The first-order chi connectivity index (χ1) is 9.16. The van der Waals surface area contributed by atoms with E-state index in [0.29, 0.717) is 6.42 Å². The molecule has 0 rings (SSSR count). The summed E-state index contributed by atoms with van der Waals surface area (Å²) >= 11 is 0. The van der Waals surface area contributed by atoms with Crippen LogP contribution in [0.3, 0.4) is 0 Å². The predicted molar refractivity (Wildman–Crippen MR) is 80.8 cm³/mol. The fraction of sp³-hybridized carbons (Fsp3) is 0.938. The van der Waals surface area contributed by atoms with Crippen LogP contribution in [-0.2, 0) is 9.53 Å². The monoisotopic (exact) mass is 271 g/mol. The molecule has 0 aromatic rings. The van der Waals surface area contributed by atoms with Crippen LogP contribution in [0.1, 0.15) is 90.9 Å². The Morgan fingerprint density at radius 3 is 1.74 bits per heavy atom. The van der Waals surface area contributed by atoms with Crippen molar-refractivity contribution in [1.29, 1.82) is 0 Å². The van der Waals surface area contributed by atoms with E-state index in [1.165, 1.54) is 57.8 Å². The van der Waals surface area contributed by atoms with Crippen LogP contribution in [0.25, 0.3) is 0 Å². The lowest BCUT2D eigenvalue weighted by Gasteiger charge is -2.07. The van der Waals surface area contributed by atoms with E-state index in [-0.39, 0.29) is 5.97 Å². The molecule has 0 bridgehead atoms. The highest BCUT2D eigenvalue weighted by Crippen LogP contribution is 2.12. The van der Waals surface area contributed by atoms with Gasteiger partial charge in [-0.1, -0.05) is 71.1 Å². The maximum absolute atomic E-state index is 11.2. The maximum Gasteiger partial charge on any atom is 0.307 e. The highest BCUT2D eigenvalue weighted by molar-refractivity contribution is 5.69. The van der Waals surface area contributed by atoms with E-state index in [2.05, 4.69) is 6.92 Å². The Kier molecular flexibility index (Phi) is 13.4. The van der Waals surface area contributed by atoms with Gasteiger partial charge in [-0.25, -0.2) is 0 Å². The van der Waals surface area contributed by atoms with Gasteiger partial charge in [0.2, 0.25) is 0 Å². The minimum atomic E-state index is -0.472. The molecule has 0 aromatic heterocycles. The van der Waals surface area contributed by atoms with Gasteiger partial charge in [-0.2, -0.15) is 0 Å². The zero-order valence-electron chi connectivity index (χ0n) is 13.0. The number of carbonyl (C=O) groups is 1. The highest BCUT2D eigenvalue weighted by atomic mass is 16.5. The molecule has 19 heavy (non-hydrogen) atoms. The average Bonchev–Trinajstić information content (AvgIpc) is 2.35. The summed E-state index contributed by atoms with van der Waals surface area (Å²) in [4.78, 5) is 11.2. The van der Waals surface area contributed by atoms with Gasteiger partial charge in [-0.3, -0.25) is 10.5 Å². The van der Waals surface area contributed by atoms with Crippen LogP contribution < -0.4 is 5.73 Å². The number of ether oxygens (including phenoxy) is 1. The van der Waals surface area contributed by atoms with Gasteiger partial charge < -0.3 is 4.74 Å². The Bertz CT molecular complexity index is 205. The molecule has 0 saturated heterocycles. The third-order valence-corrected chi connectivity index (χ3v) is 3.30. The molecule has 1 unspecified atom stereocenters. The number of hydrogen-bond donors (Lipinski definition) is 1. The number of nitrogens with two attached hydrogens (primary N) is 1. The van der Waals surface area contributed by atoms with Crippen molar-refractivity contribution < 1.29 is 9.53 Å². The SMILES string of the molecule is CCCCCCCCCCCCCC(=O)OC(C)N. The van der Waals surface area contributed by atoms with Crippen molar-refractivity contribution >= 4 is 5.97 Å². The molecule has 3 heteroatoms. The molecule has 0 fully saturated rings. The summed E-state index contributed by atoms with van der Waals surface area (Å²) in [6.45, 7) is 3.93. The van der Waals surface area contributed by atoms with Crippen molar-refractivity contribution in [2.24, 2.45) is 5.73 Å². The van der Waals surface area contributed by atoms with Crippen LogP contribution >= 0.6 is 0 Å². The summed E-state index contributed by atoms with van der Waals surface area (Å²) in [5.74, 6) is -0.161. The Balaban J connectivity index is 3.08. The smallest absolute Gasteiger partial charge is 0.307 e. The molecule has 0 heterocycles. The first-order valence-electron chi connectivity index (χ1n) is 8.12. The van der Waals surface area contributed by atoms with E-state index in [9.17, 15) is 4.79 Å². The van der Waals surface area contributed by atoms with Crippen molar-refractivity contribution in [2.75, 3.05) is 0 Å². The minimum Gasteiger partial charge on any atom is -0.447 e. The van der Waals surface area contributed by atoms with Crippen LogP contribution in [0.2, 0.25) is 0 Å². The lowest BCUT2D eigenvalue weighted by atomic mass is 10.1. The second-order valence-corrected chi connectivity index (χ2v) is 5.48. The Labute approximate surface area is 119 Å². The van der Waals surface area contributed by atoms with Crippen LogP contribution in [0.5, 0.6) is 0 Å². The number of hydrogen-bond acceptors (Lipinski definition) is 3. The van der Waals surface area contributed by atoms with E-state index < -0.39 is 6.23 Å². The maximum atomic E-state index is 11.2. The van der Waals surface area contributed by atoms with Crippen molar-refractivity contribution in [1.82, 2.24) is 0 Å². The molecular weight excluding hydrogens is 238 g/mol. The summed E-state index contributed by atoms with van der Waals surface area (Å²) in [5, 5.41) is 0. The van der Waals surface area contributed by atoms with Crippen LogP contribution in [-0.4, -0.2) is 12.2 Å². The molecule has 114 valence electrons. The van der Waals surface area contributed by atoms with Gasteiger partial charge in [-0.15, -0.1) is 0 Å². The summed E-state index contributed by atoms with van der Waals surface area (Å²) in [6, 6.07) is 0. The summed E-state index contributed by atoms with van der Waals surface area (Å²) in [5.41, 5.74) is 5.38. The first-order valence-corrected chi connectivity index (χ1v) is 8.12. The van der Waals surface area contributed by atoms with Gasteiger partial charge >= 0.3 is 5.97 Å². The van der Waals surface area contributed by atoms with Crippen molar-refractivity contribution in [3.63, 3.8) is 0 Å². The van der Waals surface area contributed by atoms with E-state index >= 15 is 0 Å². The standard InChI is InChI=1S/C16H33NO2/c1-3-4-5-6-7-8-9-10-11-12-13-14-16(18)19-15(2)17/h15H,3-14,17H2,1-2H3. The molecule has 0 spiro atoms. The largest absolute Gasteiger partial charge is 0.447 e. The zero-order valence-corrected chi connectivity index (χ0v) is 13.0. The fourth-order valence-corrected chi connectivity index (χ4v) is 2.20. The number of carbonyl (C=O) groups excluding carboxylic acids is 1. The van der Waals surface area contributed by atoms with E-state index in [1.807, 2.05) is 0 Å². The Hall–Kier alpha value is -0.570. The third kappa shape index (κ3) is 15.4. The average molecular weight is 271 g/mol. The molecule has 0 aliphatic rings. The molecule has 0 amide bonds. The quantitative estimate of drug-likeness (QED) is 0.304. The number of unbranched alkanes of at least 4 members (excludes halogenated alkanes) is 10. The second kappa shape index (κ2) is 13.9. The van der Waals surface area contributed by atoms with Crippen molar-refractivity contribution in [2.45, 2.75) is 97.1 Å². The molecule has 0 saturated carbocycles. The van der Waals surface area contributed by atoms with Crippen LogP contribution in [0.4, 0.5) is 0 Å². The molecule has 2 N–H and O–H groups in total. The molecular formula is C16H33NO2. The van der Waals surface area contributed by atoms with Crippen LogP contribution in [0.15, 0.2) is 0 Å². The molecule has 1 atom stereocenters. The number of rotatable bonds is 13. The molecule has 0 aliphatic heterocycles. The highest BCUT2D eigenvalue weighted by Gasteiger charge is 2.04. The van der Waals surface area contributed by atoms with Gasteiger partial charge in [0.15, 0.2) is 0 Å². The molecule has 0 aromatic carbocycles. The van der Waals surface area contributed by atoms with Gasteiger partial charge in [0.25, 0.3) is 0 Å². The topological polar surface area (TPSA) is 52.3 Å². The summed E-state index contributed by atoms with van der Waals surface area (Å²) in [6.07, 6.45) is 14.3. The third-order valence-electron chi connectivity index (χ3n) is 3.30. The zero-order chi connectivity index (χ0) is 14.3. The summed E-state index contributed by atoms with van der Waals surface area (Å²) in [7, 11) is 0. The number of esters is 1. The lowest BCUT2D eigenvalue weighted by Crippen LogP contribution is -2.23. The van der Waals surface area contributed by atoms with E-state index in [4.69, 9.17) is 10.5 Å². The van der Waals surface area contributed by atoms with Crippen molar-refractivity contribution in [3.05, 3.63) is 0 Å². The normalized spacial score (nSPS) is 12.4. The summed E-state index contributed by atoms with van der Waals surface area (Å²) < 4.78 is 4.88. The van der Waals surface area contributed by atoms with E-state index in [0.717, 1.165) is 12.8 Å². The molecule has 0 aliphatic carbocycles. The Morgan fingerprint density at radius 2 is 1.32 bits per heavy atom. The molecule has 0 radical (unpaired) electrons. The van der Waals surface area contributed by atoms with Gasteiger partial charge in [0.05, 0.1) is 0 Å². The minimum absolute atomic E-state index is 0.161. The van der Waals surface area contributed by atoms with Gasteiger partial charge in [0.1, 0.15) is 6.23 Å². The van der Waals surface area contributed by atoms with Crippen LogP contribution in [0, 0.1) is 0 Å². The molecule has 3 nitrogen and oxygen atoms in total. The van der Waals surface area contributed by atoms with Gasteiger partial charge in [0, 0.05) is 6.42 Å². The Morgan fingerprint density at radius 1 is 0.895 bits per heavy atom. The first kappa shape index (κ1) is 18.4. The fourth-order valence-electron chi connectivity index (χ4n) is 2.20. The van der Waals surface area contributed by atoms with Crippen molar-refractivity contribution in [3.8, 4) is 0 Å². The predicted octanol–water partition coefficient (Wildman–Crippen LogP) is 4.54.